The first kappa shape index (κ1) is 16.0. The van der Waals surface area contributed by atoms with Crippen molar-refractivity contribution in [2.45, 2.75) is 43.8 Å². The number of hydrogen-bond donors (Lipinski definition) is 1. The van der Waals surface area contributed by atoms with Gasteiger partial charge in [0.05, 0.1) is 11.3 Å². The number of anilines is 1. The number of nitriles is 1. The zero-order valence-corrected chi connectivity index (χ0v) is 14.6. The van der Waals surface area contributed by atoms with Crippen LogP contribution in [-0.2, 0) is 4.79 Å². The molecule has 8 heteroatoms. The summed E-state index contributed by atoms with van der Waals surface area (Å²) >= 11 is 2.74. The van der Waals surface area contributed by atoms with Crippen molar-refractivity contribution in [1.82, 2.24) is 14.8 Å². The molecular weight excluding hydrogens is 330 g/mol. The first-order valence-electron chi connectivity index (χ1n) is 7.45. The molecule has 1 aliphatic carbocycles. The molecule has 0 unspecified atom stereocenters. The van der Waals surface area contributed by atoms with Crippen LogP contribution in [0.2, 0.25) is 0 Å². The monoisotopic (exact) mass is 347 g/mol. The Bertz CT molecular complexity index is 754. The summed E-state index contributed by atoms with van der Waals surface area (Å²) in [5.41, 5.74) is 0.495. The fourth-order valence-electron chi connectivity index (χ4n) is 2.28. The average Bonchev–Trinajstić information content (AvgIpc) is 3.12. The lowest BCUT2D eigenvalue weighted by atomic mass is 10.3. The molecule has 2 heterocycles. The summed E-state index contributed by atoms with van der Waals surface area (Å²) in [6, 6.07) is 4.03. The highest BCUT2D eigenvalue weighted by atomic mass is 32.2. The van der Waals surface area contributed by atoms with E-state index in [1.54, 1.807) is 11.4 Å². The average molecular weight is 347 g/mol. The molecule has 0 saturated heterocycles. The molecule has 0 bridgehead atoms. The molecule has 1 amide bonds. The number of thiophene rings is 1. The third-order valence-corrected chi connectivity index (χ3v) is 5.29. The summed E-state index contributed by atoms with van der Waals surface area (Å²) in [7, 11) is 0. The van der Waals surface area contributed by atoms with E-state index < -0.39 is 0 Å². The number of amides is 1. The lowest BCUT2D eigenvalue weighted by Gasteiger charge is -2.13. The van der Waals surface area contributed by atoms with Gasteiger partial charge in [0.15, 0.2) is 5.16 Å². The number of thioether (sulfide) groups is 1. The molecule has 0 atom stereocenters. The third-order valence-electron chi connectivity index (χ3n) is 3.52. The van der Waals surface area contributed by atoms with E-state index in [1.165, 1.54) is 35.9 Å². The minimum Gasteiger partial charge on any atom is -0.316 e. The van der Waals surface area contributed by atoms with Crippen LogP contribution in [0.25, 0.3) is 0 Å². The molecule has 1 fully saturated rings. The van der Waals surface area contributed by atoms with Crippen molar-refractivity contribution in [1.29, 1.82) is 5.26 Å². The summed E-state index contributed by atoms with van der Waals surface area (Å²) < 4.78 is 2.13. The van der Waals surface area contributed by atoms with Gasteiger partial charge in [0.2, 0.25) is 5.91 Å². The maximum atomic E-state index is 12.1. The van der Waals surface area contributed by atoms with Crippen molar-refractivity contribution in [3.8, 4) is 6.07 Å². The predicted octanol–water partition coefficient (Wildman–Crippen LogP) is 3.40. The van der Waals surface area contributed by atoms with Gasteiger partial charge >= 0.3 is 0 Å². The summed E-state index contributed by atoms with van der Waals surface area (Å²) in [5.74, 6) is 1.67. The topological polar surface area (TPSA) is 83.6 Å². The summed E-state index contributed by atoms with van der Waals surface area (Å²) in [6.45, 7) is 4.20. The minimum absolute atomic E-state index is 0.139. The van der Waals surface area contributed by atoms with Gasteiger partial charge in [-0.2, -0.15) is 5.26 Å². The quantitative estimate of drug-likeness (QED) is 0.810. The molecule has 2 aromatic heterocycles. The number of nitrogens with zero attached hydrogens (tertiary/aromatic N) is 4. The molecular formula is C15H17N5OS2. The highest BCUT2D eigenvalue weighted by molar-refractivity contribution is 7.99. The molecule has 1 saturated carbocycles. The van der Waals surface area contributed by atoms with Gasteiger partial charge in [0, 0.05) is 12.0 Å². The van der Waals surface area contributed by atoms with Gasteiger partial charge in [-0.3, -0.25) is 4.79 Å². The molecule has 6 nitrogen and oxygen atoms in total. The van der Waals surface area contributed by atoms with Crippen LogP contribution in [0.3, 0.4) is 0 Å². The number of aromatic nitrogens is 3. The van der Waals surface area contributed by atoms with E-state index in [0.717, 1.165) is 11.0 Å². The number of rotatable bonds is 6. The number of carbonyl (C=O) groups excluding carboxylic acids is 1. The van der Waals surface area contributed by atoms with Crippen LogP contribution in [0, 0.1) is 11.3 Å². The zero-order valence-electron chi connectivity index (χ0n) is 12.9. The second-order valence-corrected chi connectivity index (χ2v) is 7.55. The zero-order chi connectivity index (χ0) is 16.4. The molecule has 0 aliphatic heterocycles. The standard InChI is InChI=1S/C15H17N5OS2/c1-9(2)20-13(10-3-4-10)18-19-15(20)23-8-12(21)17-14-11(7-16)5-6-22-14/h5-6,9-10H,3-4,8H2,1-2H3,(H,17,21). The Balaban J connectivity index is 1.64. The van der Waals surface area contributed by atoms with Crippen LogP contribution < -0.4 is 5.32 Å². The Morgan fingerprint density at radius 1 is 1.57 bits per heavy atom. The van der Waals surface area contributed by atoms with Gasteiger partial charge in [0.25, 0.3) is 0 Å². The van der Waals surface area contributed by atoms with E-state index in [4.69, 9.17) is 5.26 Å². The Kier molecular flexibility index (Phi) is 4.68. The summed E-state index contributed by atoms with van der Waals surface area (Å²) in [4.78, 5) is 12.1. The van der Waals surface area contributed by atoms with Gasteiger partial charge in [0.1, 0.15) is 16.9 Å². The van der Waals surface area contributed by atoms with Gasteiger partial charge in [-0.1, -0.05) is 11.8 Å². The van der Waals surface area contributed by atoms with E-state index in [-0.39, 0.29) is 17.7 Å². The van der Waals surface area contributed by atoms with Gasteiger partial charge in [-0.05, 0) is 38.1 Å². The second kappa shape index (κ2) is 6.72. The molecule has 3 rings (SSSR count). The van der Waals surface area contributed by atoms with Crippen LogP contribution >= 0.6 is 23.1 Å². The van der Waals surface area contributed by atoms with E-state index in [2.05, 4.69) is 40.0 Å². The van der Waals surface area contributed by atoms with Crippen LogP contribution in [0.4, 0.5) is 5.00 Å². The Labute approximate surface area is 142 Å². The number of hydrogen-bond acceptors (Lipinski definition) is 6. The van der Waals surface area contributed by atoms with Gasteiger partial charge in [-0.25, -0.2) is 0 Å². The summed E-state index contributed by atoms with van der Waals surface area (Å²) in [5, 5.41) is 23.5. The Morgan fingerprint density at radius 3 is 3.00 bits per heavy atom. The van der Waals surface area contributed by atoms with Crippen molar-refractivity contribution in [2.24, 2.45) is 0 Å². The van der Waals surface area contributed by atoms with Crippen molar-refractivity contribution in [2.75, 3.05) is 11.1 Å². The predicted molar refractivity (Wildman–Crippen MR) is 90.8 cm³/mol. The van der Waals surface area contributed by atoms with Crippen LogP contribution in [-0.4, -0.2) is 26.4 Å². The van der Waals surface area contributed by atoms with E-state index in [9.17, 15) is 4.79 Å². The van der Waals surface area contributed by atoms with Crippen molar-refractivity contribution < 1.29 is 4.79 Å². The first-order chi connectivity index (χ1) is 11.1. The SMILES string of the molecule is CC(C)n1c(SCC(=O)Nc2sccc2C#N)nnc1C1CC1. The van der Waals surface area contributed by atoms with Crippen molar-refractivity contribution in [3.05, 3.63) is 22.8 Å². The first-order valence-corrected chi connectivity index (χ1v) is 9.31. The molecule has 1 aliphatic rings. The Morgan fingerprint density at radius 2 is 2.35 bits per heavy atom. The minimum atomic E-state index is -0.139. The fraction of sp³-hybridized carbons (Fsp3) is 0.467. The third kappa shape index (κ3) is 3.57. The molecule has 23 heavy (non-hydrogen) atoms. The lowest BCUT2D eigenvalue weighted by Crippen LogP contribution is -2.15. The normalized spacial score (nSPS) is 14.0. The molecule has 1 N–H and O–H groups in total. The van der Waals surface area contributed by atoms with E-state index in [1.807, 2.05) is 0 Å². The molecule has 0 spiro atoms. The Hall–Kier alpha value is -1.85. The van der Waals surface area contributed by atoms with Crippen LogP contribution in [0.5, 0.6) is 0 Å². The maximum Gasteiger partial charge on any atom is 0.235 e. The van der Waals surface area contributed by atoms with E-state index >= 15 is 0 Å². The highest BCUT2D eigenvalue weighted by Crippen LogP contribution is 2.41. The second-order valence-electron chi connectivity index (χ2n) is 5.69. The van der Waals surface area contributed by atoms with Gasteiger partial charge < -0.3 is 9.88 Å². The fourth-order valence-corrected chi connectivity index (χ4v) is 3.91. The largest absolute Gasteiger partial charge is 0.316 e. The van der Waals surface area contributed by atoms with Crippen molar-refractivity contribution >= 4 is 34.0 Å². The number of carbonyl (C=O) groups is 1. The van der Waals surface area contributed by atoms with Crippen molar-refractivity contribution in [3.63, 3.8) is 0 Å². The highest BCUT2D eigenvalue weighted by Gasteiger charge is 2.31. The molecule has 120 valence electrons. The van der Waals surface area contributed by atoms with E-state index in [0.29, 0.717) is 16.5 Å². The smallest absolute Gasteiger partial charge is 0.235 e. The van der Waals surface area contributed by atoms with Crippen LogP contribution in [0.15, 0.2) is 16.6 Å². The summed E-state index contributed by atoms with van der Waals surface area (Å²) in [6.07, 6.45) is 2.34. The molecule has 0 radical (unpaired) electrons. The van der Waals surface area contributed by atoms with Crippen LogP contribution in [0.1, 0.15) is 50.0 Å². The lowest BCUT2D eigenvalue weighted by molar-refractivity contribution is -0.113. The molecule has 2 aromatic rings. The molecule has 0 aromatic carbocycles. The van der Waals surface area contributed by atoms with Gasteiger partial charge in [-0.15, -0.1) is 21.5 Å². The number of nitrogens with one attached hydrogen (secondary N) is 1. The maximum absolute atomic E-state index is 12.1.